The van der Waals surface area contributed by atoms with Gasteiger partial charge in [0.25, 0.3) is 0 Å². The Hall–Kier alpha value is -0.820. The van der Waals surface area contributed by atoms with Crippen LogP contribution >= 0.6 is 0 Å². The highest BCUT2D eigenvalue weighted by Gasteiger charge is 2.18. The summed E-state index contributed by atoms with van der Waals surface area (Å²) in [6.07, 6.45) is 0.844. The molecule has 1 heterocycles. The monoisotopic (exact) mass is 207 g/mol. The van der Waals surface area contributed by atoms with Gasteiger partial charge in [-0.05, 0) is 6.42 Å². The number of amides is 2. The molecule has 3 N–H and O–H groups in total. The van der Waals surface area contributed by atoms with Gasteiger partial charge in [0.1, 0.15) is 0 Å². The summed E-state index contributed by atoms with van der Waals surface area (Å²) in [5.74, 6) is -0.180. The maximum Gasteiger partial charge on any atom is 0.317 e. The maximum absolute atomic E-state index is 11.1. The van der Waals surface area contributed by atoms with Gasteiger partial charge in [-0.3, -0.25) is 0 Å². The molecule has 13 heavy (non-hydrogen) atoms. The molecular formula is C6H13N3O3S. The lowest BCUT2D eigenvalue weighted by Crippen LogP contribution is -2.48. The molecule has 0 aromatic carbocycles. The van der Waals surface area contributed by atoms with Crippen molar-refractivity contribution in [3.05, 3.63) is 0 Å². The number of hydrogen-bond acceptors (Lipinski definition) is 3. The van der Waals surface area contributed by atoms with Crippen LogP contribution in [-0.2, 0) is 10.0 Å². The lowest BCUT2D eigenvalue weighted by atomic mass is 10.3. The van der Waals surface area contributed by atoms with E-state index in [9.17, 15) is 13.2 Å². The Morgan fingerprint density at radius 3 is 2.77 bits per heavy atom. The normalized spacial score (nSPS) is 18.5. The van der Waals surface area contributed by atoms with Crippen LogP contribution in [0.4, 0.5) is 4.79 Å². The second kappa shape index (κ2) is 3.93. The van der Waals surface area contributed by atoms with E-state index in [2.05, 4.69) is 5.32 Å². The minimum atomic E-state index is -3.47. The van der Waals surface area contributed by atoms with Gasteiger partial charge >= 0.3 is 6.03 Å². The van der Waals surface area contributed by atoms with Gasteiger partial charge in [0.2, 0.25) is 10.0 Å². The molecule has 0 bridgehead atoms. The molecular weight excluding hydrogens is 194 g/mol. The van der Waals surface area contributed by atoms with Crippen LogP contribution in [-0.4, -0.2) is 44.7 Å². The minimum Gasteiger partial charge on any atom is -0.338 e. The highest BCUT2D eigenvalue weighted by Crippen LogP contribution is 1.98. The average molecular weight is 207 g/mol. The van der Waals surface area contributed by atoms with Crippen molar-refractivity contribution in [1.29, 1.82) is 0 Å². The zero-order valence-electron chi connectivity index (χ0n) is 7.19. The fourth-order valence-corrected chi connectivity index (χ4v) is 1.60. The van der Waals surface area contributed by atoms with E-state index in [1.54, 1.807) is 0 Å². The number of sulfonamides is 1. The van der Waals surface area contributed by atoms with Crippen LogP contribution in [0.1, 0.15) is 6.42 Å². The summed E-state index contributed by atoms with van der Waals surface area (Å²) in [5, 5.41) is 7.43. The van der Waals surface area contributed by atoms with Crippen molar-refractivity contribution in [3.63, 3.8) is 0 Å². The minimum absolute atomic E-state index is 0.171. The number of hydrogen-bond donors (Lipinski definition) is 2. The largest absolute Gasteiger partial charge is 0.338 e. The second-order valence-corrected chi connectivity index (χ2v) is 4.67. The smallest absolute Gasteiger partial charge is 0.317 e. The topological polar surface area (TPSA) is 92.5 Å². The zero-order chi connectivity index (χ0) is 9.90. The SMILES string of the molecule is NS(=O)(=O)CCN1CCCNC1=O. The van der Waals surface area contributed by atoms with Gasteiger partial charge in [0.05, 0.1) is 5.75 Å². The summed E-state index contributed by atoms with van der Waals surface area (Å²) < 4.78 is 21.2. The first kappa shape index (κ1) is 10.3. The van der Waals surface area contributed by atoms with Gasteiger partial charge in [0.15, 0.2) is 0 Å². The summed E-state index contributed by atoms with van der Waals surface area (Å²) in [7, 11) is -3.47. The molecule has 0 aromatic heterocycles. The Balaban J connectivity index is 2.40. The zero-order valence-corrected chi connectivity index (χ0v) is 8.01. The second-order valence-electron chi connectivity index (χ2n) is 2.94. The molecule has 76 valence electrons. The first-order valence-electron chi connectivity index (χ1n) is 4.02. The van der Waals surface area contributed by atoms with Crippen molar-refractivity contribution >= 4 is 16.1 Å². The molecule has 1 aliphatic heterocycles. The lowest BCUT2D eigenvalue weighted by Gasteiger charge is -2.26. The summed E-state index contributed by atoms with van der Waals surface area (Å²) in [6.45, 7) is 1.43. The number of carbonyl (C=O) groups is 1. The van der Waals surface area contributed by atoms with E-state index in [1.165, 1.54) is 4.90 Å². The highest BCUT2D eigenvalue weighted by atomic mass is 32.2. The molecule has 0 atom stereocenters. The number of nitrogens with one attached hydrogen (secondary N) is 1. The van der Waals surface area contributed by atoms with E-state index in [-0.39, 0.29) is 18.3 Å². The molecule has 6 nitrogen and oxygen atoms in total. The quantitative estimate of drug-likeness (QED) is 0.601. The van der Waals surface area contributed by atoms with Crippen LogP contribution in [0.3, 0.4) is 0 Å². The fraction of sp³-hybridized carbons (Fsp3) is 0.833. The van der Waals surface area contributed by atoms with E-state index >= 15 is 0 Å². The summed E-state index contributed by atoms with van der Waals surface area (Å²) in [5.41, 5.74) is 0. The van der Waals surface area contributed by atoms with Crippen molar-refractivity contribution in [3.8, 4) is 0 Å². The molecule has 0 unspecified atom stereocenters. The highest BCUT2D eigenvalue weighted by molar-refractivity contribution is 7.89. The summed E-state index contributed by atoms with van der Waals surface area (Å²) in [6, 6.07) is -0.213. The van der Waals surface area contributed by atoms with Gasteiger partial charge in [-0.25, -0.2) is 18.4 Å². The lowest BCUT2D eigenvalue weighted by molar-refractivity contribution is 0.190. The van der Waals surface area contributed by atoms with E-state index in [0.717, 1.165) is 6.42 Å². The molecule has 0 saturated carbocycles. The van der Waals surface area contributed by atoms with Crippen LogP contribution in [0.15, 0.2) is 0 Å². The summed E-state index contributed by atoms with van der Waals surface area (Å²) >= 11 is 0. The molecule has 7 heteroatoms. The molecule has 1 rings (SSSR count). The van der Waals surface area contributed by atoms with Crippen LogP contribution in [0.2, 0.25) is 0 Å². The number of nitrogens with two attached hydrogens (primary N) is 1. The Morgan fingerprint density at radius 1 is 1.54 bits per heavy atom. The molecule has 1 fully saturated rings. The molecule has 0 spiro atoms. The Morgan fingerprint density at radius 2 is 2.23 bits per heavy atom. The van der Waals surface area contributed by atoms with Crippen molar-refractivity contribution in [1.82, 2.24) is 10.2 Å². The predicted octanol–water partition coefficient (Wildman–Crippen LogP) is -1.31. The molecule has 0 aliphatic carbocycles. The van der Waals surface area contributed by atoms with Gasteiger partial charge in [-0.1, -0.05) is 0 Å². The predicted molar refractivity (Wildman–Crippen MR) is 47.6 cm³/mol. The number of rotatable bonds is 3. The van der Waals surface area contributed by atoms with Crippen LogP contribution in [0, 0.1) is 0 Å². The van der Waals surface area contributed by atoms with E-state index in [1.807, 2.05) is 0 Å². The van der Waals surface area contributed by atoms with Crippen molar-refractivity contribution in [2.75, 3.05) is 25.4 Å². The van der Waals surface area contributed by atoms with Crippen molar-refractivity contribution < 1.29 is 13.2 Å². The number of nitrogens with zero attached hydrogens (tertiary/aromatic N) is 1. The van der Waals surface area contributed by atoms with Gasteiger partial charge in [0, 0.05) is 19.6 Å². The third-order valence-electron chi connectivity index (χ3n) is 1.81. The fourth-order valence-electron chi connectivity index (χ4n) is 1.13. The molecule has 1 saturated heterocycles. The van der Waals surface area contributed by atoms with Gasteiger partial charge in [-0.2, -0.15) is 0 Å². The van der Waals surface area contributed by atoms with Gasteiger partial charge < -0.3 is 10.2 Å². The Labute approximate surface area is 77.1 Å². The molecule has 0 radical (unpaired) electrons. The number of primary sulfonamides is 1. The molecule has 2 amide bonds. The standard InChI is InChI=1S/C6H13N3O3S/c7-13(11,12)5-4-9-3-1-2-8-6(9)10/h1-5H2,(H,8,10)(H2,7,11,12). The number of carbonyl (C=O) groups excluding carboxylic acids is 1. The van der Waals surface area contributed by atoms with Crippen LogP contribution in [0.25, 0.3) is 0 Å². The third-order valence-corrected chi connectivity index (χ3v) is 2.57. The first-order valence-corrected chi connectivity index (χ1v) is 5.74. The van der Waals surface area contributed by atoms with Crippen molar-refractivity contribution in [2.45, 2.75) is 6.42 Å². The van der Waals surface area contributed by atoms with Crippen LogP contribution < -0.4 is 10.5 Å². The first-order chi connectivity index (χ1) is 5.99. The number of urea groups is 1. The van der Waals surface area contributed by atoms with Crippen LogP contribution in [0.5, 0.6) is 0 Å². The van der Waals surface area contributed by atoms with E-state index in [4.69, 9.17) is 5.14 Å². The summed E-state index contributed by atoms with van der Waals surface area (Å²) in [4.78, 5) is 12.5. The third kappa shape index (κ3) is 3.60. The Kier molecular flexibility index (Phi) is 3.10. The average Bonchev–Trinajstić information content (AvgIpc) is 2.01. The van der Waals surface area contributed by atoms with E-state index in [0.29, 0.717) is 13.1 Å². The molecule has 1 aliphatic rings. The maximum atomic E-state index is 11.1. The van der Waals surface area contributed by atoms with Gasteiger partial charge in [-0.15, -0.1) is 0 Å². The molecule has 0 aromatic rings. The van der Waals surface area contributed by atoms with E-state index < -0.39 is 10.0 Å². The van der Waals surface area contributed by atoms with Crippen molar-refractivity contribution in [2.24, 2.45) is 5.14 Å². The Bertz CT molecular complexity index is 287.